The van der Waals surface area contributed by atoms with Crippen molar-refractivity contribution in [1.82, 2.24) is 5.06 Å². The lowest BCUT2D eigenvalue weighted by atomic mass is 9.86. The zero-order valence-electron chi connectivity index (χ0n) is 17.2. The lowest BCUT2D eigenvalue weighted by Crippen LogP contribution is -2.34. The fraction of sp³-hybridized carbons (Fsp3) is 0.280. The van der Waals surface area contributed by atoms with Crippen LogP contribution >= 0.6 is 0 Å². The first-order chi connectivity index (χ1) is 14.6. The summed E-state index contributed by atoms with van der Waals surface area (Å²) in [5.41, 5.74) is 6.61. The Hall–Kier alpha value is -3.02. The molecule has 1 unspecified atom stereocenters. The predicted octanol–water partition coefficient (Wildman–Crippen LogP) is 4.95. The molecule has 1 atom stereocenters. The Morgan fingerprint density at radius 1 is 0.967 bits per heavy atom. The molecule has 5 rings (SSSR count). The first-order valence-corrected chi connectivity index (χ1v) is 10.3. The van der Waals surface area contributed by atoms with Crippen LogP contribution in [-0.4, -0.2) is 23.6 Å². The average molecular weight is 403 g/mol. The van der Waals surface area contributed by atoms with Crippen LogP contribution in [0, 0.1) is 13.8 Å². The summed E-state index contributed by atoms with van der Waals surface area (Å²) in [6.45, 7) is 5.44. The molecule has 0 saturated carbocycles. The summed E-state index contributed by atoms with van der Waals surface area (Å²) in [5.74, 6) is 2.39. The van der Waals surface area contributed by atoms with Crippen molar-refractivity contribution in [2.24, 2.45) is 0 Å². The molecule has 0 aliphatic carbocycles. The molecule has 5 nitrogen and oxygen atoms in total. The molecular formula is C25H25NO4. The van der Waals surface area contributed by atoms with E-state index in [-0.39, 0.29) is 12.8 Å². The number of hydrogen-bond donors (Lipinski definition) is 1. The smallest absolute Gasteiger partial charge is 0.231 e. The fourth-order valence-electron chi connectivity index (χ4n) is 4.32. The standard InChI is InChI=1S/C25H25NO4/c1-16-11-23-24(30-15-29-23)13-20(16)25-21-10-17(2)22(12-19(21)8-9-26(25)27)28-14-18-6-4-3-5-7-18/h3-7,10-13,25,27H,8-9,14-15H2,1-2H3. The Kier molecular flexibility index (Phi) is 4.85. The number of nitrogens with zero attached hydrogens (tertiary/aromatic N) is 1. The van der Waals surface area contributed by atoms with Gasteiger partial charge in [0.05, 0.1) is 6.04 Å². The average Bonchev–Trinajstić information content (AvgIpc) is 3.20. The van der Waals surface area contributed by atoms with Gasteiger partial charge in [-0.15, -0.1) is 0 Å². The maximum atomic E-state index is 10.8. The molecule has 0 aromatic heterocycles. The van der Waals surface area contributed by atoms with Crippen molar-refractivity contribution in [3.05, 3.63) is 88.0 Å². The molecule has 5 heteroatoms. The highest BCUT2D eigenvalue weighted by atomic mass is 16.7. The van der Waals surface area contributed by atoms with Gasteiger partial charge in [0.25, 0.3) is 0 Å². The minimum atomic E-state index is -0.245. The van der Waals surface area contributed by atoms with E-state index in [4.69, 9.17) is 14.2 Å². The van der Waals surface area contributed by atoms with E-state index in [0.717, 1.165) is 51.5 Å². The molecule has 0 radical (unpaired) electrons. The summed E-state index contributed by atoms with van der Waals surface area (Å²) in [4.78, 5) is 0. The van der Waals surface area contributed by atoms with Gasteiger partial charge in [-0.1, -0.05) is 36.4 Å². The Labute approximate surface area is 176 Å². The Morgan fingerprint density at radius 2 is 1.73 bits per heavy atom. The topological polar surface area (TPSA) is 51.2 Å². The third-order valence-corrected chi connectivity index (χ3v) is 5.93. The Bertz CT molecular complexity index is 1080. The van der Waals surface area contributed by atoms with Crippen molar-refractivity contribution in [2.75, 3.05) is 13.3 Å². The summed E-state index contributed by atoms with van der Waals surface area (Å²) in [5, 5.41) is 12.2. The molecular weight excluding hydrogens is 378 g/mol. The summed E-state index contributed by atoms with van der Waals surface area (Å²) < 4.78 is 17.2. The van der Waals surface area contributed by atoms with E-state index >= 15 is 0 Å². The van der Waals surface area contributed by atoms with Crippen LogP contribution in [0.4, 0.5) is 0 Å². The number of benzene rings is 3. The second-order valence-electron chi connectivity index (χ2n) is 7.97. The van der Waals surface area contributed by atoms with Crippen LogP contribution in [0.15, 0.2) is 54.6 Å². The van der Waals surface area contributed by atoms with E-state index in [9.17, 15) is 5.21 Å². The maximum absolute atomic E-state index is 10.8. The zero-order chi connectivity index (χ0) is 20.7. The van der Waals surface area contributed by atoms with Gasteiger partial charge in [0, 0.05) is 6.54 Å². The lowest BCUT2D eigenvalue weighted by molar-refractivity contribution is -0.121. The highest BCUT2D eigenvalue weighted by Crippen LogP contribution is 2.43. The normalized spacial score (nSPS) is 17.6. The molecule has 3 aromatic carbocycles. The van der Waals surface area contributed by atoms with Crippen molar-refractivity contribution < 1.29 is 19.4 Å². The fourth-order valence-corrected chi connectivity index (χ4v) is 4.32. The number of fused-ring (bicyclic) bond motifs is 2. The highest BCUT2D eigenvalue weighted by Gasteiger charge is 2.31. The van der Waals surface area contributed by atoms with Gasteiger partial charge in [0.2, 0.25) is 6.79 Å². The van der Waals surface area contributed by atoms with Crippen LogP contribution in [0.2, 0.25) is 0 Å². The van der Waals surface area contributed by atoms with Crippen molar-refractivity contribution in [3.8, 4) is 17.2 Å². The first kappa shape index (κ1) is 19.0. The van der Waals surface area contributed by atoms with Crippen LogP contribution in [-0.2, 0) is 13.0 Å². The Balaban J connectivity index is 1.49. The van der Waals surface area contributed by atoms with E-state index in [2.05, 4.69) is 31.2 Å². The molecule has 2 aliphatic heterocycles. The summed E-state index contributed by atoms with van der Waals surface area (Å²) in [7, 11) is 0. The monoisotopic (exact) mass is 403 g/mol. The molecule has 0 saturated heterocycles. The first-order valence-electron chi connectivity index (χ1n) is 10.3. The third kappa shape index (κ3) is 3.40. The number of aryl methyl sites for hydroxylation is 2. The van der Waals surface area contributed by atoms with Crippen LogP contribution in [0.1, 0.15) is 39.4 Å². The van der Waals surface area contributed by atoms with Gasteiger partial charge in [0.15, 0.2) is 11.5 Å². The van der Waals surface area contributed by atoms with E-state index in [0.29, 0.717) is 13.2 Å². The van der Waals surface area contributed by atoms with Crippen LogP contribution < -0.4 is 14.2 Å². The molecule has 0 spiro atoms. The van der Waals surface area contributed by atoms with Gasteiger partial charge < -0.3 is 19.4 Å². The molecule has 0 bridgehead atoms. The maximum Gasteiger partial charge on any atom is 0.231 e. The summed E-state index contributed by atoms with van der Waals surface area (Å²) in [6.07, 6.45) is 0.772. The molecule has 154 valence electrons. The number of hydroxylamine groups is 2. The van der Waals surface area contributed by atoms with Gasteiger partial charge in [-0.05, 0) is 71.8 Å². The second-order valence-corrected chi connectivity index (χ2v) is 7.97. The predicted molar refractivity (Wildman–Crippen MR) is 113 cm³/mol. The zero-order valence-corrected chi connectivity index (χ0v) is 17.2. The minimum Gasteiger partial charge on any atom is -0.489 e. The van der Waals surface area contributed by atoms with Crippen molar-refractivity contribution in [1.29, 1.82) is 0 Å². The molecule has 2 aliphatic rings. The molecule has 3 aromatic rings. The number of rotatable bonds is 4. The third-order valence-electron chi connectivity index (χ3n) is 5.93. The summed E-state index contributed by atoms with van der Waals surface area (Å²) >= 11 is 0. The SMILES string of the molecule is Cc1cc2c(cc1OCc1ccccc1)CCN(O)C2c1cc2c(cc1C)OCO2. The van der Waals surface area contributed by atoms with Crippen LogP contribution in [0.3, 0.4) is 0 Å². The Morgan fingerprint density at radius 3 is 2.53 bits per heavy atom. The van der Waals surface area contributed by atoms with Gasteiger partial charge in [0.1, 0.15) is 12.4 Å². The summed E-state index contributed by atoms with van der Waals surface area (Å²) in [6, 6.07) is 18.2. The van der Waals surface area contributed by atoms with E-state index < -0.39 is 0 Å². The molecule has 1 N–H and O–H groups in total. The van der Waals surface area contributed by atoms with E-state index in [1.807, 2.05) is 37.3 Å². The second kappa shape index (κ2) is 7.67. The molecule has 0 fully saturated rings. The molecule has 0 amide bonds. The van der Waals surface area contributed by atoms with Crippen molar-refractivity contribution in [3.63, 3.8) is 0 Å². The molecule has 30 heavy (non-hydrogen) atoms. The quantitative estimate of drug-likeness (QED) is 0.668. The minimum absolute atomic E-state index is 0.240. The highest BCUT2D eigenvalue weighted by molar-refractivity contribution is 5.54. The van der Waals surface area contributed by atoms with Gasteiger partial charge >= 0.3 is 0 Å². The van der Waals surface area contributed by atoms with E-state index in [1.54, 1.807) is 0 Å². The van der Waals surface area contributed by atoms with Gasteiger partial charge in [-0.2, -0.15) is 5.06 Å². The van der Waals surface area contributed by atoms with Gasteiger partial charge in [-0.25, -0.2) is 0 Å². The largest absolute Gasteiger partial charge is 0.489 e. The molecule has 2 heterocycles. The van der Waals surface area contributed by atoms with Crippen molar-refractivity contribution in [2.45, 2.75) is 32.9 Å². The van der Waals surface area contributed by atoms with Crippen LogP contribution in [0.25, 0.3) is 0 Å². The van der Waals surface area contributed by atoms with Crippen molar-refractivity contribution >= 4 is 0 Å². The van der Waals surface area contributed by atoms with Gasteiger partial charge in [-0.3, -0.25) is 0 Å². The number of ether oxygens (including phenoxy) is 3. The van der Waals surface area contributed by atoms with Crippen LogP contribution in [0.5, 0.6) is 17.2 Å². The number of hydrogen-bond acceptors (Lipinski definition) is 5. The van der Waals surface area contributed by atoms with E-state index in [1.165, 1.54) is 10.6 Å². The lowest BCUT2D eigenvalue weighted by Gasteiger charge is -2.34.